The maximum atomic E-state index is 14.7. The molecular formula is C23H16F2N4O3. The monoisotopic (exact) mass is 434 g/mol. The number of fused-ring (bicyclic) bond motifs is 1. The van der Waals surface area contributed by atoms with Gasteiger partial charge in [0.2, 0.25) is 0 Å². The summed E-state index contributed by atoms with van der Waals surface area (Å²) in [6.45, 7) is 3.53. The fraction of sp³-hybridized carbons (Fsp3) is 0.130. The van der Waals surface area contributed by atoms with E-state index >= 15 is 0 Å². The van der Waals surface area contributed by atoms with E-state index in [0.29, 0.717) is 11.1 Å². The minimum Gasteiger partial charge on any atom is -0.477 e. The molecule has 9 heteroatoms. The lowest BCUT2D eigenvalue weighted by Crippen LogP contribution is -2.28. The van der Waals surface area contributed by atoms with Crippen LogP contribution in [-0.4, -0.2) is 25.3 Å². The maximum absolute atomic E-state index is 14.7. The van der Waals surface area contributed by atoms with Crippen LogP contribution in [0.5, 0.6) is 0 Å². The van der Waals surface area contributed by atoms with Gasteiger partial charge in [0.1, 0.15) is 17.3 Å². The van der Waals surface area contributed by atoms with Crippen LogP contribution in [0.15, 0.2) is 47.3 Å². The van der Waals surface area contributed by atoms with Crippen LogP contribution in [-0.2, 0) is 6.54 Å². The summed E-state index contributed by atoms with van der Waals surface area (Å²) in [6.07, 6.45) is 0. The van der Waals surface area contributed by atoms with Crippen LogP contribution < -0.4 is 5.56 Å². The quantitative estimate of drug-likeness (QED) is 0.523. The maximum Gasteiger partial charge on any atom is 0.343 e. The molecular weight excluding hydrogens is 418 g/mol. The number of nitriles is 1. The molecule has 160 valence electrons. The van der Waals surface area contributed by atoms with Crippen LogP contribution in [0.2, 0.25) is 0 Å². The van der Waals surface area contributed by atoms with Crippen LogP contribution >= 0.6 is 0 Å². The van der Waals surface area contributed by atoms with Crippen molar-refractivity contribution in [2.24, 2.45) is 0 Å². The number of aromatic nitrogens is 3. The molecule has 32 heavy (non-hydrogen) atoms. The molecule has 0 spiro atoms. The first-order chi connectivity index (χ1) is 15.3. The average molecular weight is 434 g/mol. The van der Waals surface area contributed by atoms with Gasteiger partial charge < -0.3 is 9.67 Å². The Morgan fingerprint density at radius 1 is 1.19 bits per heavy atom. The minimum atomic E-state index is -1.44. The standard InChI is InChI=1S/C23H16F2N4O3/c1-3-28-20(14-6-4-13(11-26)5-7-14)19(23(31)32)22(30)29-21(28)18(12(2)27-29)16-9-8-15(24)10-17(16)25/h4-10H,3H2,1-2H3,(H,31,32). The van der Waals surface area contributed by atoms with Gasteiger partial charge in [-0.05, 0) is 43.7 Å². The minimum absolute atomic E-state index is 0.0364. The van der Waals surface area contributed by atoms with Crippen molar-refractivity contribution in [3.05, 3.63) is 81.3 Å². The van der Waals surface area contributed by atoms with E-state index in [4.69, 9.17) is 5.26 Å². The lowest BCUT2D eigenvalue weighted by atomic mass is 10.0. The molecule has 1 N–H and O–H groups in total. The summed E-state index contributed by atoms with van der Waals surface area (Å²) in [4.78, 5) is 25.3. The van der Waals surface area contributed by atoms with E-state index in [9.17, 15) is 23.5 Å². The molecule has 0 saturated carbocycles. The van der Waals surface area contributed by atoms with Gasteiger partial charge in [-0.15, -0.1) is 0 Å². The van der Waals surface area contributed by atoms with Gasteiger partial charge in [0, 0.05) is 18.2 Å². The van der Waals surface area contributed by atoms with Gasteiger partial charge in [0.25, 0.3) is 5.56 Å². The number of halogens is 2. The summed E-state index contributed by atoms with van der Waals surface area (Å²) < 4.78 is 30.7. The Morgan fingerprint density at radius 3 is 2.44 bits per heavy atom. The second-order valence-electron chi connectivity index (χ2n) is 7.09. The van der Waals surface area contributed by atoms with Crippen molar-refractivity contribution < 1.29 is 18.7 Å². The number of hydrogen-bond donors (Lipinski definition) is 1. The van der Waals surface area contributed by atoms with Gasteiger partial charge in [-0.1, -0.05) is 12.1 Å². The van der Waals surface area contributed by atoms with Crippen molar-refractivity contribution in [3.63, 3.8) is 0 Å². The van der Waals surface area contributed by atoms with E-state index in [2.05, 4.69) is 5.10 Å². The van der Waals surface area contributed by atoms with Crippen LogP contribution in [0.4, 0.5) is 8.78 Å². The molecule has 0 bridgehead atoms. The molecule has 2 aromatic carbocycles. The number of aryl methyl sites for hydroxylation is 2. The smallest absolute Gasteiger partial charge is 0.343 e. The van der Waals surface area contributed by atoms with Gasteiger partial charge in [0.05, 0.1) is 28.6 Å². The number of rotatable bonds is 4. The third-order valence-corrected chi connectivity index (χ3v) is 5.22. The van der Waals surface area contributed by atoms with Crippen molar-refractivity contribution in [1.82, 2.24) is 14.2 Å². The van der Waals surface area contributed by atoms with E-state index in [0.717, 1.165) is 16.6 Å². The number of nitrogens with zero attached hydrogens (tertiary/aromatic N) is 4. The Bertz CT molecular complexity index is 1500. The van der Waals surface area contributed by atoms with Crippen LogP contribution in [0.1, 0.15) is 28.5 Å². The highest BCUT2D eigenvalue weighted by Crippen LogP contribution is 2.33. The molecule has 2 heterocycles. The molecule has 0 saturated heterocycles. The van der Waals surface area contributed by atoms with E-state index in [1.807, 2.05) is 6.07 Å². The van der Waals surface area contributed by atoms with Gasteiger partial charge in [0.15, 0.2) is 5.56 Å². The molecule has 0 aliphatic rings. The van der Waals surface area contributed by atoms with E-state index in [1.165, 1.54) is 18.2 Å². The number of benzene rings is 2. The first-order valence-corrected chi connectivity index (χ1v) is 9.63. The number of carboxylic acid groups (broad SMARTS) is 1. The third kappa shape index (κ3) is 3.13. The predicted octanol–water partition coefficient (Wildman–Crippen LogP) is 4.01. The van der Waals surface area contributed by atoms with Crippen molar-refractivity contribution in [2.45, 2.75) is 20.4 Å². The highest BCUT2D eigenvalue weighted by atomic mass is 19.1. The summed E-state index contributed by atoms with van der Waals surface area (Å²) >= 11 is 0. The summed E-state index contributed by atoms with van der Waals surface area (Å²) in [5.74, 6) is -3.03. The molecule has 2 aromatic heterocycles. The Kier molecular flexibility index (Phi) is 5.06. The van der Waals surface area contributed by atoms with Crippen molar-refractivity contribution in [1.29, 1.82) is 5.26 Å². The third-order valence-electron chi connectivity index (χ3n) is 5.22. The zero-order valence-corrected chi connectivity index (χ0v) is 17.1. The fourth-order valence-electron chi connectivity index (χ4n) is 3.87. The first kappa shape index (κ1) is 20.9. The van der Waals surface area contributed by atoms with Crippen LogP contribution in [0.25, 0.3) is 28.0 Å². The summed E-state index contributed by atoms with van der Waals surface area (Å²) in [5, 5.41) is 23.1. The Balaban J connectivity index is 2.20. The lowest BCUT2D eigenvalue weighted by Gasteiger charge is -2.18. The number of carboxylic acids is 1. The van der Waals surface area contributed by atoms with E-state index in [1.54, 1.807) is 30.5 Å². The molecule has 4 rings (SSSR count). The van der Waals surface area contributed by atoms with E-state index in [-0.39, 0.29) is 34.7 Å². The number of aromatic carboxylic acids is 1. The highest BCUT2D eigenvalue weighted by molar-refractivity contribution is 5.96. The molecule has 0 fully saturated rings. The summed E-state index contributed by atoms with van der Waals surface area (Å²) in [6, 6.07) is 11.2. The zero-order valence-electron chi connectivity index (χ0n) is 17.1. The number of hydrogen-bond acceptors (Lipinski definition) is 4. The molecule has 0 aliphatic heterocycles. The Morgan fingerprint density at radius 2 is 1.88 bits per heavy atom. The SMILES string of the molecule is CCn1c(-c2ccc(C#N)cc2)c(C(=O)O)c(=O)n2nc(C)c(-c3ccc(F)cc3F)c12. The lowest BCUT2D eigenvalue weighted by molar-refractivity contribution is 0.0694. The van der Waals surface area contributed by atoms with E-state index < -0.39 is 28.7 Å². The van der Waals surface area contributed by atoms with Crippen molar-refractivity contribution >= 4 is 11.6 Å². The van der Waals surface area contributed by atoms with Crippen LogP contribution in [0.3, 0.4) is 0 Å². The summed E-state index contributed by atoms with van der Waals surface area (Å²) in [7, 11) is 0. The molecule has 0 amide bonds. The fourth-order valence-corrected chi connectivity index (χ4v) is 3.87. The molecule has 0 atom stereocenters. The summed E-state index contributed by atoms with van der Waals surface area (Å²) in [5.41, 5.74) is 0.242. The molecule has 0 radical (unpaired) electrons. The van der Waals surface area contributed by atoms with Crippen molar-refractivity contribution in [2.75, 3.05) is 0 Å². The molecule has 7 nitrogen and oxygen atoms in total. The van der Waals surface area contributed by atoms with Gasteiger partial charge in [-0.3, -0.25) is 4.79 Å². The van der Waals surface area contributed by atoms with Crippen LogP contribution in [0, 0.1) is 29.9 Å². The van der Waals surface area contributed by atoms with Gasteiger partial charge >= 0.3 is 5.97 Å². The second kappa shape index (κ2) is 7.74. The Labute approximate surface area is 180 Å². The molecule has 0 aliphatic carbocycles. The second-order valence-corrected chi connectivity index (χ2v) is 7.09. The predicted molar refractivity (Wildman–Crippen MR) is 112 cm³/mol. The molecule has 4 aromatic rings. The highest BCUT2D eigenvalue weighted by Gasteiger charge is 2.28. The first-order valence-electron chi connectivity index (χ1n) is 9.63. The average Bonchev–Trinajstić information content (AvgIpc) is 3.10. The van der Waals surface area contributed by atoms with Gasteiger partial charge in [-0.2, -0.15) is 14.9 Å². The normalized spacial score (nSPS) is 11.0. The Hall–Kier alpha value is -4.32. The topological polar surface area (TPSA) is 100 Å². The molecule has 0 unspecified atom stereocenters. The number of carbonyl (C=O) groups is 1. The van der Waals surface area contributed by atoms with Gasteiger partial charge in [-0.25, -0.2) is 13.6 Å². The largest absolute Gasteiger partial charge is 0.477 e. The van der Waals surface area contributed by atoms with Crippen molar-refractivity contribution in [3.8, 4) is 28.5 Å². The zero-order chi connectivity index (χ0) is 23.2.